The van der Waals surface area contributed by atoms with Crippen LogP contribution in [0.4, 0.5) is 5.69 Å². The van der Waals surface area contributed by atoms with E-state index in [1.165, 1.54) is 5.56 Å². The lowest BCUT2D eigenvalue weighted by atomic mass is 10.0. The van der Waals surface area contributed by atoms with Crippen LogP contribution in [0.25, 0.3) is 22.3 Å². The molecule has 8 nitrogen and oxygen atoms in total. The highest BCUT2D eigenvalue weighted by Crippen LogP contribution is 2.33. The van der Waals surface area contributed by atoms with Gasteiger partial charge in [0.25, 0.3) is 5.91 Å². The molecule has 1 fully saturated rings. The second-order valence-electron chi connectivity index (χ2n) is 9.82. The summed E-state index contributed by atoms with van der Waals surface area (Å²) in [6.07, 6.45) is 3.74. The number of rotatable bonds is 8. The van der Waals surface area contributed by atoms with Gasteiger partial charge in [0, 0.05) is 11.3 Å². The number of hydrogen-bond donors (Lipinski definition) is 1. The molecule has 2 aromatic carbocycles. The minimum Gasteiger partial charge on any atom is -0.497 e. The minimum absolute atomic E-state index is 0.0174. The van der Waals surface area contributed by atoms with Crippen molar-refractivity contribution in [3.8, 4) is 17.0 Å². The van der Waals surface area contributed by atoms with Crippen LogP contribution >= 0.6 is 0 Å². The van der Waals surface area contributed by atoms with Crippen molar-refractivity contribution in [2.45, 2.75) is 45.6 Å². The molecule has 0 bridgehead atoms. The number of amides is 1. The monoisotopic (exact) mass is 532 g/mol. The molecule has 0 saturated carbocycles. The first-order valence-corrected chi connectivity index (χ1v) is 14.7. The lowest BCUT2D eigenvalue weighted by Gasteiger charge is -2.13. The fraction of sp³-hybridized carbons (Fsp3) is 0.345. The first kappa shape index (κ1) is 25.9. The van der Waals surface area contributed by atoms with Crippen molar-refractivity contribution in [3.05, 3.63) is 71.4 Å². The molecule has 9 heteroatoms. The second kappa shape index (κ2) is 10.6. The lowest BCUT2D eigenvalue weighted by molar-refractivity contribution is 0.102. The van der Waals surface area contributed by atoms with Crippen LogP contribution in [0.2, 0.25) is 0 Å². The molecule has 0 radical (unpaired) electrons. The molecule has 1 N–H and O–H groups in total. The number of aryl methyl sites for hydroxylation is 2. The van der Waals surface area contributed by atoms with E-state index in [1.807, 2.05) is 55.5 Å². The van der Waals surface area contributed by atoms with Gasteiger partial charge in [-0.3, -0.25) is 4.79 Å². The van der Waals surface area contributed by atoms with Crippen LogP contribution in [0.3, 0.4) is 0 Å². The molecule has 3 heterocycles. The Kier molecular flexibility index (Phi) is 7.21. The summed E-state index contributed by atoms with van der Waals surface area (Å²) in [5, 5.41) is 8.34. The Balaban J connectivity index is 1.57. The number of fused-ring (bicyclic) bond motifs is 1. The Morgan fingerprint density at radius 1 is 1.13 bits per heavy atom. The van der Waals surface area contributed by atoms with Crippen LogP contribution < -0.4 is 10.1 Å². The smallest absolute Gasteiger partial charge is 0.256 e. The third-order valence-electron chi connectivity index (χ3n) is 7.05. The molecular weight excluding hydrogens is 500 g/mol. The SMILES string of the molecule is CCCCc1ccc(NC(=O)c2cc(-c3ccc(OC)cc3)nc3c2c(C)nn3C2CCS(=O)(=O)C2)cc1. The zero-order valence-electron chi connectivity index (χ0n) is 21.9. The van der Waals surface area contributed by atoms with Gasteiger partial charge in [-0.25, -0.2) is 18.1 Å². The standard InChI is InChI=1S/C29H32N4O4S/c1-4-5-6-20-7-11-22(12-8-20)30-29(34)25-17-26(21-9-13-24(37-3)14-10-21)31-28-27(25)19(2)32-33(28)23-15-16-38(35,36)18-23/h7-14,17,23H,4-6,15-16,18H2,1-3H3,(H,30,34). The Morgan fingerprint density at radius 2 is 1.87 bits per heavy atom. The van der Waals surface area contributed by atoms with Crippen molar-refractivity contribution < 1.29 is 17.9 Å². The molecule has 1 unspecified atom stereocenters. The number of carbonyl (C=O) groups excluding carboxylic acids is 1. The summed E-state index contributed by atoms with van der Waals surface area (Å²) in [7, 11) is -1.53. The molecule has 1 atom stereocenters. The Morgan fingerprint density at radius 3 is 2.50 bits per heavy atom. The summed E-state index contributed by atoms with van der Waals surface area (Å²) in [6, 6.07) is 16.8. The number of methoxy groups -OCH3 is 1. The van der Waals surface area contributed by atoms with Crippen molar-refractivity contribution in [3.63, 3.8) is 0 Å². The van der Waals surface area contributed by atoms with Crippen molar-refractivity contribution in [2.24, 2.45) is 0 Å². The van der Waals surface area contributed by atoms with E-state index < -0.39 is 9.84 Å². The molecule has 1 saturated heterocycles. The van der Waals surface area contributed by atoms with Crippen molar-refractivity contribution in [2.75, 3.05) is 23.9 Å². The van der Waals surface area contributed by atoms with Crippen LogP contribution in [0.5, 0.6) is 5.75 Å². The summed E-state index contributed by atoms with van der Waals surface area (Å²) in [5.41, 5.74) is 4.95. The van der Waals surface area contributed by atoms with Crippen LogP contribution in [0.1, 0.15) is 53.8 Å². The number of nitrogens with one attached hydrogen (secondary N) is 1. The van der Waals surface area contributed by atoms with Gasteiger partial charge in [0.2, 0.25) is 0 Å². The van der Waals surface area contributed by atoms with E-state index in [-0.39, 0.29) is 23.5 Å². The molecule has 38 heavy (non-hydrogen) atoms. The van der Waals surface area contributed by atoms with Gasteiger partial charge in [-0.2, -0.15) is 5.10 Å². The van der Waals surface area contributed by atoms with Crippen molar-refractivity contribution in [1.82, 2.24) is 14.8 Å². The van der Waals surface area contributed by atoms with Gasteiger partial charge < -0.3 is 10.1 Å². The summed E-state index contributed by atoms with van der Waals surface area (Å²) in [6.45, 7) is 4.00. The molecule has 0 spiro atoms. The average molecular weight is 533 g/mol. The lowest BCUT2D eigenvalue weighted by Crippen LogP contribution is -2.15. The predicted molar refractivity (Wildman–Crippen MR) is 150 cm³/mol. The van der Waals surface area contributed by atoms with Crippen molar-refractivity contribution in [1.29, 1.82) is 0 Å². The highest BCUT2D eigenvalue weighted by atomic mass is 32.2. The Hall–Kier alpha value is -3.72. The molecule has 0 aliphatic carbocycles. The van der Waals surface area contributed by atoms with E-state index in [9.17, 15) is 13.2 Å². The largest absolute Gasteiger partial charge is 0.497 e. The number of sulfone groups is 1. The number of nitrogens with zero attached hydrogens (tertiary/aromatic N) is 3. The number of aromatic nitrogens is 3. The number of carbonyl (C=O) groups is 1. The molecule has 1 aliphatic rings. The van der Waals surface area contributed by atoms with Gasteiger partial charge in [-0.1, -0.05) is 25.5 Å². The normalized spacial score (nSPS) is 16.6. The first-order chi connectivity index (χ1) is 18.3. The van der Waals surface area contributed by atoms with Crippen LogP contribution in [-0.2, 0) is 16.3 Å². The summed E-state index contributed by atoms with van der Waals surface area (Å²) in [5.74, 6) is 0.587. The molecule has 1 amide bonds. The number of ether oxygens (including phenoxy) is 1. The summed E-state index contributed by atoms with van der Waals surface area (Å²) >= 11 is 0. The minimum atomic E-state index is -3.13. The number of unbranched alkanes of at least 4 members (excludes halogenated alkanes) is 1. The van der Waals surface area contributed by atoms with E-state index in [1.54, 1.807) is 17.9 Å². The van der Waals surface area contributed by atoms with Crippen LogP contribution in [0.15, 0.2) is 54.6 Å². The molecule has 1 aliphatic heterocycles. The fourth-order valence-corrected chi connectivity index (χ4v) is 6.65. The number of benzene rings is 2. The fourth-order valence-electron chi connectivity index (χ4n) is 4.96. The zero-order chi connectivity index (χ0) is 26.9. The summed E-state index contributed by atoms with van der Waals surface area (Å²) in [4.78, 5) is 18.6. The second-order valence-corrected chi connectivity index (χ2v) is 12.1. The zero-order valence-corrected chi connectivity index (χ0v) is 22.7. The van der Waals surface area contributed by atoms with Crippen molar-refractivity contribution >= 4 is 32.5 Å². The van der Waals surface area contributed by atoms with E-state index in [2.05, 4.69) is 17.3 Å². The topological polar surface area (TPSA) is 103 Å². The molecule has 198 valence electrons. The number of anilines is 1. The van der Waals surface area contributed by atoms with E-state index in [0.717, 1.165) is 24.8 Å². The van der Waals surface area contributed by atoms with Gasteiger partial charge >= 0.3 is 0 Å². The highest BCUT2D eigenvalue weighted by Gasteiger charge is 2.32. The maximum absolute atomic E-state index is 13.7. The van der Waals surface area contributed by atoms with E-state index in [0.29, 0.717) is 45.8 Å². The Bertz CT molecular complexity index is 1580. The quantitative estimate of drug-likeness (QED) is 0.327. The molecule has 4 aromatic rings. The highest BCUT2D eigenvalue weighted by molar-refractivity contribution is 7.91. The first-order valence-electron chi connectivity index (χ1n) is 12.9. The van der Waals surface area contributed by atoms with Crippen LogP contribution in [0, 0.1) is 6.92 Å². The number of pyridine rings is 1. The number of hydrogen-bond acceptors (Lipinski definition) is 6. The maximum atomic E-state index is 13.7. The van der Waals surface area contributed by atoms with Gasteiger partial charge in [0.15, 0.2) is 15.5 Å². The van der Waals surface area contributed by atoms with Gasteiger partial charge in [-0.15, -0.1) is 0 Å². The van der Waals surface area contributed by atoms with E-state index >= 15 is 0 Å². The van der Waals surface area contributed by atoms with E-state index in [4.69, 9.17) is 9.72 Å². The van der Waals surface area contributed by atoms with Gasteiger partial charge in [0.1, 0.15) is 5.75 Å². The predicted octanol–water partition coefficient (Wildman–Crippen LogP) is 5.37. The average Bonchev–Trinajstić information content (AvgIpc) is 3.46. The Labute approximate surface area is 223 Å². The maximum Gasteiger partial charge on any atom is 0.256 e. The van der Waals surface area contributed by atoms with Crippen LogP contribution in [-0.4, -0.2) is 47.7 Å². The van der Waals surface area contributed by atoms with Gasteiger partial charge in [-0.05, 0) is 74.2 Å². The third kappa shape index (κ3) is 5.29. The molecular formula is C29H32N4O4S. The van der Waals surface area contributed by atoms with Gasteiger partial charge in [0.05, 0.1) is 47.0 Å². The molecule has 2 aromatic heterocycles. The third-order valence-corrected chi connectivity index (χ3v) is 8.80. The molecule has 5 rings (SSSR count). The summed E-state index contributed by atoms with van der Waals surface area (Å²) < 4.78 is 31.4.